The Morgan fingerprint density at radius 3 is 2.52 bits per heavy atom. The van der Waals surface area contributed by atoms with E-state index in [1.54, 1.807) is 0 Å². The van der Waals surface area contributed by atoms with Crippen LogP contribution in [0.5, 0.6) is 0 Å². The van der Waals surface area contributed by atoms with Crippen molar-refractivity contribution in [1.29, 1.82) is 0 Å². The first-order valence-electron chi connectivity index (χ1n) is 7.44. The molecule has 1 aromatic carbocycles. The Bertz CT molecular complexity index is 1050. The Morgan fingerprint density at radius 1 is 1.08 bits per heavy atom. The van der Waals surface area contributed by atoms with Crippen molar-refractivity contribution in [2.75, 3.05) is 0 Å². The number of aryl methyl sites for hydroxylation is 1. The fourth-order valence-corrected chi connectivity index (χ4v) is 2.64. The average Bonchev–Trinajstić information content (AvgIpc) is 3.18. The van der Waals surface area contributed by atoms with Gasteiger partial charge >= 0.3 is 6.18 Å². The van der Waals surface area contributed by atoms with Crippen molar-refractivity contribution in [1.82, 2.24) is 24.7 Å². The number of halogens is 3. The van der Waals surface area contributed by atoms with Crippen molar-refractivity contribution in [2.24, 2.45) is 7.05 Å². The van der Waals surface area contributed by atoms with Crippen LogP contribution in [0.4, 0.5) is 13.2 Å². The molecule has 0 aliphatic carbocycles. The molecule has 4 aromatic rings. The number of fused-ring (bicyclic) bond motifs is 1. The molecule has 0 aliphatic heterocycles. The average molecular weight is 343 g/mol. The first-order valence-corrected chi connectivity index (χ1v) is 7.44. The summed E-state index contributed by atoms with van der Waals surface area (Å²) in [5.74, 6) is 0. The molecule has 3 aromatic heterocycles. The van der Waals surface area contributed by atoms with Crippen LogP contribution in [0, 0.1) is 0 Å². The van der Waals surface area contributed by atoms with Gasteiger partial charge in [0, 0.05) is 12.7 Å². The summed E-state index contributed by atoms with van der Waals surface area (Å²) in [5, 5.41) is 3.51. The van der Waals surface area contributed by atoms with Crippen LogP contribution in [0.15, 0.2) is 48.7 Å². The largest absolute Gasteiger partial charge is 0.435 e. The maximum Gasteiger partial charge on any atom is 0.435 e. The molecular weight excluding hydrogens is 331 g/mol. The first-order chi connectivity index (χ1) is 11.9. The van der Waals surface area contributed by atoms with E-state index >= 15 is 0 Å². The third-order valence-corrected chi connectivity index (χ3v) is 3.85. The number of aromatic amines is 1. The number of nitrogens with one attached hydrogen (secondary N) is 1. The normalized spacial score (nSPS) is 12.0. The zero-order chi connectivity index (χ0) is 17.6. The molecular formula is C17H12F3N5. The van der Waals surface area contributed by atoms with Crippen LogP contribution in [0.25, 0.3) is 33.8 Å². The zero-order valence-electron chi connectivity index (χ0n) is 13.0. The zero-order valence-corrected chi connectivity index (χ0v) is 13.0. The summed E-state index contributed by atoms with van der Waals surface area (Å²) in [7, 11) is 1.45. The number of hydrogen-bond acceptors (Lipinski definition) is 3. The predicted molar refractivity (Wildman–Crippen MR) is 86.5 cm³/mol. The number of aromatic nitrogens is 5. The molecule has 0 radical (unpaired) electrons. The third kappa shape index (κ3) is 2.75. The Hall–Kier alpha value is -3.16. The SMILES string of the molecule is Cn1nc(C(F)(F)F)cc1-c1cnc2[nH]c(-c3ccccc3)cc2n1. The van der Waals surface area contributed by atoms with Gasteiger partial charge in [-0.1, -0.05) is 30.3 Å². The maximum atomic E-state index is 12.8. The fraction of sp³-hybridized carbons (Fsp3) is 0.118. The molecule has 0 unspecified atom stereocenters. The highest BCUT2D eigenvalue weighted by molar-refractivity contribution is 5.81. The number of rotatable bonds is 2. The Morgan fingerprint density at radius 2 is 1.84 bits per heavy atom. The summed E-state index contributed by atoms with van der Waals surface area (Å²) in [6.07, 6.45) is -3.06. The van der Waals surface area contributed by atoms with Crippen LogP contribution in [0.2, 0.25) is 0 Å². The van der Waals surface area contributed by atoms with E-state index in [2.05, 4.69) is 20.1 Å². The molecule has 0 saturated heterocycles. The minimum atomic E-state index is -4.50. The van der Waals surface area contributed by atoms with Gasteiger partial charge in [-0.15, -0.1) is 0 Å². The molecule has 5 nitrogen and oxygen atoms in total. The fourth-order valence-electron chi connectivity index (χ4n) is 2.64. The molecule has 0 bridgehead atoms. The lowest BCUT2D eigenvalue weighted by Gasteiger charge is -1.99. The smallest absolute Gasteiger partial charge is 0.338 e. The molecule has 1 N–H and O–H groups in total. The lowest BCUT2D eigenvalue weighted by molar-refractivity contribution is -0.141. The molecule has 0 spiro atoms. The van der Waals surface area contributed by atoms with Crippen LogP contribution >= 0.6 is 0 Å². The molecule has 0 fully saturated rings. The van der Waals surface area contributed by atoms with E-state index in [9.17, 15) is 13.2 Å². The summed E-state index contributed by atoms with van der Waals surface area (Å²) in [5.41, 5.74) is 2.59. The first kappa shape index (κ1) is 15.4. The number of alkyl halides is 3. The van der Waals surface area contributed by atoms with Crippen molar-refractivity contribution in [3.05, 3.63) is 54.4 Å². The maximum absolute atomic E-state index is 12.8. The standard InChI is InChI=1S/C17H12F3N5/c1-25-14(8-15(24-25)17(18,19)20)13-9-21-16-12(22-13)7-11(23-16)10-5-3-2-4-6-10/h2-9H,1H3,(H,21,23). The molecule has 3 heterocycles. The van der Waals surface area contributed by atoms with Crippen LogP contribution in [0.3, 0.4) is 0 Å². The van der Waals surface area contributed by atoms with Gasteiger partial charge in [-0.3, -0.25) is 4.68 Å². The monoisotopic (exact) mass is 343 g/mol. The van der Waals surface area contributed by atoms with Crippen LogP contribution in [-0.2, 0) is 13.2 Å². The van der Waals surface area contributed by atoms with Crippen molar-refractivity contribution >= 4 is 11.2 Å². The second-order valence-electron chi connectivity index (χ2n) is 5.57. The lowest BCUT2D eigenvalue weighted by Crippen LogP contribution is -2.06. The van der Waals surface area contributed by atoms with Gasteiger partial charge in [-0.05, 0) is 17.7 Å². The van der Waals surface area contributed by atoms with Crippen LogP contribution < -0.4 is 0 Å². The summed E-state index contributed by atoms with van der Waals surface area (Å²) >= 11 is 0. The highest BCUT2D eigenvalue weighted by Gasteiger charge is 2.34. The second kappa shape index (κ2) is 5.44. The van der Waals surface area contributed by atoms with E-state index in [1.165, 1.54) is 13.2 Å². The minimum Gasteiger partial charge on any atom is -0.338 e. The molecule has 0 atom stereocenters. The van der Waals surface area contributed by atoms with E-state index < -0.39 is 11.9 Å². The Kier molecular flexibility index (Phi) is 3.34. The quantitative estimate of drug-likeness (QED) is 0.597. The number of benzene rings is 1. The van der Waals surface area contributed by atoms with E-state index in [-0.39, 0.29) is 5.69 Å². The highest BCUT2D eigenvalue weighted by Crippen LogP contribution is 2.31. The van der Waals surface area contributed by atoms with Gasteiger partial charge in [0.2, 0.25) is 0 Å². The van der Waals surface area contributed by atoms with Crippen LogP contribution in [-0.4, -0.2) is 24.7 Å². The van der Waals surface area contributed by atoms with Crippen LogP contribution in [0.1, 0.15) is 5.69 Å². The van der Waals surface area contributed by atoms with E-state index in [1.807, 2.05) is 36.4 Å². The van der Waals surface area contributed by atoms with Gasteiger partial charge in [0.25, 0.3) is 0 Å². The van der Waals surface area contributed by atoms with Crippen molar-refractivity contribution in [2.45, 2.75) is 6.18 Å². The van der Waals surface area contributed by atoms with Crippen molar-refractivity contribution in [3.8, 4) is 22.6 Å². The Balaban J connectivity index is 1.79. The van der Waals surface area contributed by atoms with Crippen molar-refractivity contribution in [3.63, 3.8) is 0 Å². The second-order valence-corrected chi connectivity index (χ2v) is 5.57. The van der Waals surface area contributed by atoms with Gasteiger partial charge in [-0.25, -0.2) is 9.97 Å². The molecule has 126 valence electrons. The number of H-pyrrole nitrogens is 1. The molecule has 4 rings (SSSR count). The van der Waals surface area contributed by atoms with Crippen molar-refractivity contribution < 1.29 is 13.2 Å². The van der Waals surface area contributed by atoms with Gasteiger partial charge in [0.1, 0.15) is 11.2 Å². The van der Waals surface area contributed by atoms with Gasteiger partial charge in [0.15, 0.2) is 11.3 Å². The third-order valence-electron chi connectivity index (χ3n) is 3.85. The van der Waals surface area contributed by atoms with E-state index in [0.717, 1.165) is 22.0 Å². The summed E-state index contributed by atoms with van der Waals surface area (Å²) < 4.78 is 39.6. The molecule has 0 amide bonds. The number of nitrogens with zero attached hydrogens (tertiary/aromatic N) is 4. The summed E-state index contributed by atoms with van der Waals surface area (Å²) in [6.45, 7) is 0. The molecule has 0 saturated carbocycles. The number of hydrogen-bond donors (Lipinski definition) is 1. The van der Waals surface area contributed by atoms with Gasteiger partial charge < -0.3 is 4.98 Å². The molecule has 0 aliphatic rings. The molecule has 25 heavy (non-hydrogen) atoms. The van der Waals surface area contributed by atoms with E-state index in [4.69, 9.17) is 0 Å². The summed E-state index contributed by atoms with van der Waals surface area (Å²) in [4.78, 5) is 11.9. The van der Waals surface area contributed by atoms with Gasteiger partial charge in [0.05, 0.1) is 11.9 Å². The molecule has 8 heteroatoms. The lowest BCUT2D eigenvalue weighted by atomic mass is 10.2. The minimum absolute atomic E-state index is 0.254. The van der Waals surface area contributed by atoms with E-state index in [0.29, 0.717) is 16.9 Å². The summed E-state index contributed by atoms with van der Waals surface area (Å²) in [6, 6.07) is 12.4. The topological polar surface area (TPSA) is 59.4 Å². The highest BCUT2D eigenvalue weighted by atomic mass is 19.4. The van der Waals surface area contributed by atoms with Gasteiger partial charge in [-0.2, -0.15) is 18.3 Å². The Labute approximate surface area is 140 Å². The predicted octanol–water partition coefficient (Wildman–Crippen LogP) is 4.04.